The first-order valence-corrected chi connectivity index (χ1v) is 7.98. The van der Waals surface area contributed by atoms with E-state index in [2.05, 4.69) is 26.1 Å². The van der Waals surface area contributed by atoms with Gasteiger partial charge in [0.25, 0.3) is 0 Å². The summed E-state index contributed by atoms with van der Waals surface area (Å²) in [5, 5.41) is 3.75. The van der Waals surface area contributed by atoms with Gasteiger partial charge in [-0.25, -0.2) is 0 Å². The number of methoxy groups -OCH3 is 1. The topological polar surface area (TPSA) is 21.3 Å². The summed E-state index contributed by atoms with van der Waals surface area (Å²) < 4.78 is 5.79. The molecular formula is C16H33NO. The Balaban J connectivity index is 2.48. The van der Waals surface area contributed by atoms with Crippen LogP contribution in [-0.4, -0.2) is 25.3 Å². The molecule has 0 bridgehead atoms. The maximum Gasteiger partial charge on any atom is 0.0693 e. The quantitative estimate of drug-likeness (QED) is 0.633. The summed E-state index contributed by atoms with van der Waals surface area (Å²) in [5.74, 6) is 0.869. The van der Waals surface area contributed by atoms with Crippen LogP contribution in [0.5, 0.6) is 0 Å². The van der Waals surface area contributed by atoms with Gasteiger partial charge in [0.2, 0.25) is 0 Å². The van der Waals surface area contributed by atoms with Gasteiger partial charge >= 0.3 is 0 Å². The van der Waals surface area contributed by atoms with Crippen molar-refractivity contribution >= 4 is 0 Å². The summed E-state index contributed by atoms with van der Waals surface area (Å²) >= 11 is 0. The van der Waals surface area contributed by atoms with Gasteiger partial charge in [-0.05, 0) is 51.0 Å². The van der Waals surface area contributed by atoms with Crippen LogP contribution in [0.4, 0.5) is 0 Å². The van der Waals surface area contributed by atoms with Crippen molar-refractivity contribution in [1.29, 1.82) is 0 Å². The van der Waals surface area contributed by atoms with Gasteiger partial charge in [0, 0.05) is 13.2 Å². The molecule has 1 fully saturated rings. The number of ether oxygens (including phenoxy) is 1. The highest BCUT2D eigenvalue weighted by Gasteiger charge is 2.39. The minimum Gasteiger partial charge on any atom is -0.378 e. The fourth-order valence-electron chi connectivity index (χ4n) is 3.12. The van der Waals surface area contributed by atoms with Crippen molar-refractivity contribution < 1.29 is 4.74 Å². The van der Waals surface area contributed by atoms with Crippen LogP contribution in [0.1, 0.15) is 72.1 Å². The minimum absolute atomic E-state index is 0.206. The van der Waals surface area contributed by atoms with Gasteiger partial charge in [-0.15, -0.1) is 0 Å². The van der Waals surface area contributed by atoms with E-state index in [1.165, 1.54) is 51.4 Å². The Kier molecular flexibility index (Phi) is 7.25. The molecule has 2 heteroatoms. The van der Waals surface area contributed by atoms with E-state index in [1.54, 1.807) is 0 Å². The molecule has 0 amide bonds. The highest BCUT2D eigenvalue weighted by atomic mass is 16.5. The Labute approximate surface area is 114 Å². The third-order valence-corrected chi connectivity index (χ3v) is 4.77. The first kappa shape index (κ1) is 16.0. The zero-order chi connectivity index (χ0) is 13.4. The Morgan fingerprint density at radius 1 is 1.17 bits per heavy atom. The molecule has 0 aromatic heterocycles. The molecule has 1 unspecified atom stereocenters. The van der Waals surface area contributed by atoms with Crippen molar-refractivity contribution in [1.82, 2.24) is 5.32 Å². The second-order valence-corrected chi connectivity index (χ2v) is 6.01. The highest BCUT2D eigenvalue weighted by molar-refractivity contribution is 4.93. The van der Waals surface area contributed by atoms with E-state index in [1.807, 2.05) is 7.11 Å². The molecule has 1 rings (SSSR count). The second-order valence-electron chi connectivity index (χ2n) is 6.01. The third-order valence-electron chi connectivity index (χ3n) is 4.77. The Hall–Kier alpha value is -0.0800. The Morgan fingerprint density at radius 2 is 1.83 bits per heavy atom. The van der Waals surface area contributed by atoms with E-state index in [9.17, 15) is 0 Å². The lowest BCUT2D eigenvalue weighted by Gasteiger charge is -2.43. The second kappa shape index (κ2) is 8.16. The van der Waals surface area contributed by atoms with Crippen LogP contribution in [0.15, 0.2) is 0 Å². The Morgan fingerprint density at radius 3 is 2.22 bits per heavy atom. The van der Waals surface area contributed by atoms with Crippen LogP contribution >= 0.6 is 0 Å². The maximum atomic E-state index is 5.79. The van der Waals surface area contributed by atoms with Crippen molar-refractivity contribution in [3.8, 4) is 0 Å². The average molecular weight is 255 g/mol. The van der Waals surface area contributed by atoms with E-state index in [0.29, 0.717) is 6.04 Å². The molecule has 0 spiro atoms. The van der Waals surface area contributed by atoms with Crippen LogP contribution in [0.2, 0.25) is 0 Å². The summed E-state index contributed by atoms with van der Waals surface area (Å²) in [6, 6.07) is 0.648. The molecule has 18 heavy (non-hydrogen) atoms. The van der Waals surface area contributed by atoms with Crippen LogP contribution in [0.25, 0.3) is 0 Å². The van der Waals surface area contributed by atoms with Crippen LogP contribution < -0.4 is 5.32 Å². The first-order chi connectivity index (χ1) is 8.69. The molecule has 0 aliphatic heterocycles. The summed E-state index contributed by atoms with van der Waals surface area (Å²) in [6.07, 6.45) is 10.2. The summed E-state index contributed by atoms with van der Waals surface area (Å²) in [4.78, 5) is 0. The van der Waals surface area contributed by atoms with Gasteiger partial charge in [0.1, 0.15) is 0 Å². The molecule has 1 atom stereocenters. The molecule has 1 aliphatic carbocycles. The average Bonchev–Trinajstić information content (AvgIpc) is 2.36. The highest BCUT2D eigenvalue weighted by Crippen LogP contribution is 2.39. The lowest BCUT2D eigenvalue weighted by Crippen LogP contribution is -2.46. The molecule has 0 radical (unpaired) electrons. The SMILES string of the molecule is CCCNC(CC(CC)CC)CC1(OC)CCC1. The van der Waals surface area contributed by atoms with Crippen molar-refractivity contribution in [3.63, 3.8) is 0 Å². The van der Waals surface area contributed by atoms with Gasteiger partial charge in [0.05, 0.1) is 5.60 Å². The van der Waals surface area contributed by atoms with Gasteiger partial charge in [-0.1, -0.05) is 33.6 Å². The fraction of sp³-hybridized carbons (Fsp3) is 1.00. The molecule has 108 valence electrons. The van der Waals surface area contributed by atoms with Crippen molar-refractivity contribution in [3.05, 3.63) is 0 Å². The van der Waals surface area contributed by atoms with Crippen molar-refractivity contribution in [2.45, 2.75) is 83.8 Å². The van der Waals surface area contributed by atoms with E-state index < -0.39 is 0 Å². The first-order valence-electron chi connectivity index (χ1n) is 7.98. The number of hydrogen-bond donors (Lipinski definition) is 1. The zero-order valence-electron chi connectivity index (χ0n) is 12.9. The van der Waals surface area contributed by atoms with Crippen molar-refractivity contribution in [2.75, 3.05) is 13.7 Å². The van der Waals surface area contributed by atoms with Crippen LogP contribution in [0, 0.1) is 5.92 Å². The van der Waals surface area contributed by atoms with Crippen LogP contribution in [-0.2, 0) is 4.74 Å². The lowest BCUT2D eigenvalue weighted by molar-refractivity contribution is -0.0846. The normalized spacial score (nSPS) is 19.8. The van der Waals surface area contributed by atoms with Crippen LogP contribution in [0.3, 0.4) is 0 Å². The number of nitrogens with one attached hydrogen (secondary N) is 1. The molecule has 1 N–H and O–H groups in total. The molecule has 0 aromatic carbocycles. The van der Waals surface area contributed by atoms with Crippen molar-refractivity contribution in [2.24, 2.45) is 5.92 Å². The molecule has 1 aliphatic rings. The monoisotopic (exact) mass is 255 g/mol. The van der Waals surface area contributed by atoms with E-state index in [0.717, 1.165) is 12.5 Å². The minimum atomic E-state index is 0.206. The molecule has 2 nitrogen and oxygen atoms in total. The van der Waals surface area contributed by atoms with Gasteiger partial charge in [-0.3, -0.25) is 0 Å². The third kappa shape index (κ3) is 4.55. The summed E-state index contributed by atoms with van der Waals surface area (Å²) in [6.45, 7) is 8.03. The van der Waals surface area contributed by atoms with E-state index in [4.69, 9.17) is 4.74 Å². The standard InChI is InChI=1S/C16H33NO/c1-5-11-17-15(12-14(6-2)7-3)13-16(18-4)9-8-10-16/h14-15,17H,5-13H2,1-4H3. The summed E-state index contributed by atoms with van der Waals surface area (Å²) in [5.41, 5.74) is 0.206. The zero-order valence-corrected chi connectivity index (χ0v) is 12.9. The van der Waals surface area contributed by atoms with Gasteiger partial charge < -0.3 is 10.1 Å². The lowest BCUT2D eigenvalue weighted by atomic mass is 9.74. The molecule has 0 heterocycles. The maximum absolute atomic E-state index is 5.79. The molecule has 1 saturated carbocycles. The molecular weight excluding hydrogens is 222 g/mol. The molecule has 0 aromatic rings. The predicted molar refractivity (Wildman–Crippen MR) is 79.0 cm³/mol. The Bertz CT molecular complexity index is 204. The van der Waals surface area contributed by atoms with Gasteiger partial charge in [0.15, 0.2) is 0 Å². The fourth-order valence-corrected chi connectivity index (χ4v) is 3.12. The van der Waals surface area contributed by atoms with E-state index in [-0.39, 0.29) is 5.60 Å². The molecule has 0 saturated heterocycles. The van der Waals surface area contributed by atoms with E-state index >= 15 is 0 Å². The van der Waals surface area contributed by atoms with Gasteiger partial charge in [-0.2, -0.15) is 0 Å². The largest absolute Gasteiger partial charge is 0.378 e. The smallest absolute Gasteiger partial charge is 0.0693 e. The number of hydrogen-bond acceptors (Lipinski definition) is 2. The predicted octanol–water partition coefficient (Wildman–Crippen LogP) is 4.14. The number of rotatable bonds is 10. The summed E-state index contributed by atoms with van der Waals surface area (Å²) in [7, 11) is 1.90.